The Kier molecular flexibility index (Phi) is 4.11. The first-order chi connectivity index (χ1) is 11.5. The molecule has 0 aliphatic heterocycles. The highest BCUT2D eigenvalue weighted by atomic mass is 19.1. The molecule has 0 fully saturated rings. The number of carboxylic acids is 1. The second-order valence-electron chi connectivity index (χ2n) is 4.93. The molecule has 0 atom stereocenters. The number of hydrogen-bond acceptors (Lipinski definition) is 5. The van der Waals surface area contributed by atoms with E-state index in [4.69, 9.17) is 9.84 Å². The summed E-state index contributed by atoms with van der Waals surface area (Å²) in [6, 6.07) is 8.55. The van der Waals surface area contributed by atoms with Gasteiger partial charge < -0.3 is 15.2 Å². The molecule has 122 valence electrons. The smallest absolute Gasteiger partial charge is 0.338 e. The lowest BCUT2D eigenvalue weighted by Gasteiger charge is -2.08. The van der Waals surface area contributed by atoms with Gasteiger partial charge in [-0.05, 0) is 24.3 Å². The number of aryl methyl sites for hydroxylation is 1. The molecule has 2 aromatic heterocycles. The highest BCUT2D eigenvalue weighted by Crippen LogP contribution is 2.25. The maximum atomic E-state index is 13.4. The van der Waals surface area contributed by atoms with Crippen LogP contribution in [0.3, 0.4) is 0 Å². The van der Waals surface area contributed by atoms with Gasteiger partial charge in [-0.2, -0.15) is 5.10 Å². The lowest BCUT2D eigenvalue weighted by molar-refractivity contribution is 0.0691. The molecule has 0 aliphatic rings. The molecule has 0 saturated heterocycles. The molecule has 8 heteroatoms. The lowest BCUT2D eigenvalue weighted by atomic mass is 10.2. The number of halogens is 1. The first-order valence-corrected chi connectivity index (χ1v) is 6.95. The standard InChI is InChI=1S/C16H13FN4O3/c1-21-7-5-14(20-21)19-15-9-11(4-6-18-15)24-10-2-3-13(17)12(8-10)16(22)23/h2-9H,1H3,(H,22,23)(H,18,19,20). The first-order valence-electron chi connectivity index (χ1n) is 6.95. The van der Waals surface area contributed by atoms with Gasteiger partial charge in [0.15, 0.2) is 5.82 Å². The van der Waals surface area contributed by atoms with E-state index in [-0.39, 0.29) is 5.75 Å². The number of aromatic nitrogens is 3. The molecule has 0 saturated carbocycles. The molecule has 7 nitrogen and oxygen atoms in total. The summed E-state index contributed by atoms with van der Waals surface area (Å²) in [6.45, 7) is 0. The van der Waals surface area contributed by atoms with Crippen LogP contribution in [-0.4, -0.2) is 25.8 Å². The van der Waals surface area contributed by atoms with Crippen LogP contribution in [0.1, 0.15) is 10.4 Å². The SMILES string of the molecule is Cn1ccc(Nc2cc(Oc3ccc(F)c(C(=O)O)c3)ccn2)n1. The topological polar surface area (TPSA) is 89.3 Å². The molecular weight excluding hydrogens is 315 g/mol. The van der Waals surface area contributed by atoms with Crippen LogP contribution in [0.25, 0.3) is 0 Å². The second kappa shape index (κ2) is 6.37. The molecule has 0 aliphatic carbocycles. The van der Waals surface area contributed by atoms with Crippen LogP contribution >= 0.6 is 0 Å². The van der Waals surface area contributed by atoms with E-state index in [9.17, 15) is 9.18 Å². The maximum absolute atomic E-state index is 13.4. The molecule has 3 rings (SSSR count). The predicted molar refractivity (Wildman–Crippen MR) is 84.2 cm³/mol. The quantitative estimate of drug-likeness (QED) is 0.748. The fourth-order valence-corrected chi connectivity index (χ4v) is 2.02. The van der Waals surface area contributed by atoms with Crippen molar-refractivity contribution in [3.8, 4) is 11.5 Å². The number of nitrogens with one attached hydrogen (secondary N) is 1. The van der Waals surface area contributed by atoms with Crippen LogP contribution < -0.4 is 10.1 Å². The Labute approximate surface area is 136 Å². The molecule has 2 heterocycles. The van der Waals surface area contributed by atoms with E-state index >= 15 is 0 Å². The van der Waals surface area contributed by atoms with Crippen LogP contribution in [0.15, 0.2) is 48.8 Å². The summed E-state index contributed by atoms with van der Waals surface area (Å²) < 4.78 is 20.6. The number of carboxylic acid groups (broad SMARTS) is 1. The van der Waals surface area contributed by atoms with E-state index in [1.165, 1.54) is 12.3 Å². The van der Waals surface area contributed by atoms with Gasteiger partial charge in [0.05, 0.1) is 5.56 Å². The van der Waals surface area contributed by atoms with Gasteiger partial charge in [0.1, 0.15) is 23.1 Å². The number of rotatable bonds is 5. The zero-order chi connectivity index (χ0) is 17.1. The summed E-state index contributed by atoms with van der Waals surface area (Å²) in [5.74, 6) is -0.411. The summed E-state index contributed by atoms with van der Waals surface area (Å²) in [5, 5.41) is 16.1. The van der Waals surface area contributed by atoms with Gasteiger partial charge >= 0.3 is 5.97 Å². The number of pyridine rings is 1. The number of nitrogens with zero attached hydrogens (tertiary/aromatic N) is 3. The van der Waals surface area contributed by atoms with Crippen LogP contribution in [0, 0.1) is 5.82 Å². The Morgan fingerprint density at radius 1 is 1.21 bits per heavy atom. The van der Waals surface area contributed by atoms with Gasteiger partial charge in [-0.25, -0.2) is 14.2 Å². The van der Waals surface area contributed by atoms with Crippen molar-refractivity contribution in [2.75, 3.05) is 5.32 Å². The van der Waals surface area contributed by atoms with Crippen LogP contribution in [0.5, 0.6) is 11.5 Å². The van der Waals surface area contributed by atoms with E-state index in [0.29, 0.717) is 17.4 Å². The fraction of sp³-hybridized carbons (Fsp3) is 0.0625. The lowest BCUT2D eigenvalue weighted by Crippen LogP contribution is -2.01. The minimum absolute atomic E-state index is 0.212. The molecule has 0 bridgehead atoms. The third-order valence-corrected chi connectivity index (χ3v) is 3.11. The summed E-state index contributed by atoms with van der Waals surface area (Å²) >= 11 is 0. The largest absolute Gasteiger partial charge is 0.478 e. The van der Waals surface area contributed by atoms with E-state index in [0.717, 1.165) is 12.1 Å². The molecule has 1 aromatic carbocycles. The predicted octanol–water partition coefficient (Wildman–Crippen LogP) is 3.19. The van der Waals surface area contributed by atoms with E-state index in [2.05, 4.69) is 15.4 Å². The summed E-state index contributed by atoms with van der Waals surface area (Å²) in [5.41, 5.74) is -0.451. The number of hydrogen-bond donors (Lipinski definition) is 2. The molecule has 0 spiro atoms. The Bertz CT molecular complexity index is 895. The first kappa shape index (κ1) is 15.5. The highest BCUT2D eigenvalue weighted by Gasteiger charge is 2.12. The molecule has 24 heavy (non-hydrogen) atoms. The van der Waals surface area contributed by atoms with Crippen molar-refractivity contribution in [1.82, 2.24) is 14.8 Å². The van der Waals surface area contributed by atoms with E-state index in [1.54, 1.807) is 36.1 Å². The number of ether oxygens (including phenoxy) is 1. The van der Waals surface area contributed by atoms with Crippen molar-refractivity contribution < 1.29 is 19.0 Å². The number of benzene rings is 1. The van der Waals surface area contributed by atoms with Gasteiger partial charge in [-0.1, -0.05) is 0 Å². The summed E-state index contributed by atoms with van der Waals surface area (Å²) in [4.78, 5) is 15.1. The molecule has 0 unspecified atom stereocenters. The number of anilines is 2. The third kappa shape index (κ3) is 3.49. The molecule has 2 N–H and O–H groups in total. The number of carbonyl (C=O) groups is 1. The Hall–Kier alpha value is -3.42. The zero-order valence-electron chi connectivity index (χ0n) is 12.6. The summed E-state index contributed by atoms with van der Waals surface area (Å²) in [6.07, 6.45) is 3.32. The monoisotopic (exact) mass is 328 g/mol. The van der Waals surface area contributed by atoms with Crippen LogP contribution in [-0.2, 0) is 7.05 Å². The van der Waals surface area contributed by atoms with E-state index in [1.807, 2.05) is 0 Å². The normalized spacial score (nSPS) is 10.4. The van der Waals surface area contributed by atoms with Gasteiger partial charge in [0.25, 0.3) is 0 Å². The minimum atomic E-state index is -1.36. The average Bonchev–Trinajstić information content (AvgIpc) is 2.94. The van der Waals surface area contributed by atoms with Crippen LogP contribution in [0.4, 0.5) is 16.0 Å². The van der Waals surface area contributed by atoms with Crippen molar-refractivity contribution in [2.24, 2.45) is 7.05 Å². The van der Waals surface area contributed by atoms with Crippen molar-refractivity contribution in [3.63, 3.8) is 0 Å². The Balaban J connectivity index is 1.79. The van der Waals surface area contributed by atoms with Crippen molar-refractivity contribution in [2.45, 2.75) is 0 Å². The van der Waals surface area contributed by atoms with Crippen LogP contribution in [0.2, 0.25) is 0 Å². The van der Waals surface area contributed by atoms with Gasteiger partial charge in [-0.3, -0.25) is 4.68 Å². The Morgan fingerprint density at radius 3 is 2.71 bits per heavy atom. The summed E-state index contributed by atoms with van der Waals surface area (Å²) in [7, 11) is 1.80. The molecular formula is C16H13FN4O3. The highest BCUT2D eigenvalue weighted by molar-refractivity contribution is 5.88. The Morgan fingerprint density at radius 2 is 2.00 bits per heavy atom. The minimum Gasteiger partial charge on any atom is -0.478 e. The molecule has 3 aromatic rings. The van der Waals surface area contributed by atoms with Gasteiger partial charge in [-0.15, -0.1) is 0 Å². The van der Waals surface area contributed by atoms with Crippen molar-refractivity contribution in [3.05, 3.63) is 60.2 Å². The average molecular weight is 328 g/mol. The van der Waals surface area contributed by atoms with Crippen molar-refractivity contribution in [1.29, 1.82) is 0 Å². The molecule has 0 radical (unpaired) electrons. The maximum Gasteiger partial charge on any atom is 0.338 e. The third-order valence-electron chi connectivity index (χ3n) is 3.11. The van der Waals surface area contributed by atoms with Crippen molar-refractivity contribution >= 4 is 17.6 Å². The zero-order valence-corrected chi connectivity index (χ0v) is 12.6. The number of aromatic carboxylic acids is 1. The molecule has 0 amide bonds. The fourth-order valence-electron chi connectivity index (χ4n) is 2.02. The second-order valence-corrected chi connectivity index (χ2v) is 4.93. The van der Waals surface area contributed by atoms with E-state index < -0.39 is 17.3 Å². The van der Waals surface area contributed by atoms with Gasteiger partial charge in [0, 0.05) is 31.6 Å². The van der Waals surface area contributed by atoms with Gasteiger partial charge in [0.2, 0.25) is 0 Å².